The summed E-state index contributed by atoms with van der Waals surface area (Å²) >= 11 is 3.58. The first-order chi connectivity index (χ1) is 11.7. The minimum absolute atomic E-state index is 0.154. The molecule has 3 nitrogen and oxygen atoms in total. The molecular weight excluding hydrogens is 371 g/mol. The average Bonchev–Trinajstić information content (AvgIpc) is 3.25. The van der Waals surface area contributed by atoms with Crippen LogP contribution in [0.25, 0.3) is 5.69 Å². The molecule has 0 N–H and O–H groups in total. The number of halogens is 2. The summed E-state index contributed by atoms with van der Waals surface area (Å²) in [6, 6.07) is 16.7. The second-order valence-electron chi connectivity index (χ2n) is 5.70. The molecule has 1 aliphatic rings. The van der Waals surface area contributed by atoms with Gasteiger partial charge in [-0.1, -0.05) is 12.1 Å². The van der Waals surface area contributed by atoms with Gasteiger partial charge in [0.25, 0.3) is 0 Å². The third kappa shape index (κ3) is 2.85. The van der Waals surface area contributed by atoms with E-state index in [1.807, 2.05) is 24.4 Å². The van der Waals surface area contributed by atoms with E-state index in [1.165, 1.54) is 12.1 Å². The second kappa shape index (κ2) is 6.42. The van der Waals surface area contributed by atoms with Gasteiger partial charge in [-0.2, -0.15) is 0 Å². The maximum atomic E-state index is 13.2. The molecule has 0 amide bonds. The molecule has 2 heterocycles. The van der Waals surface area contributed by atoms with Crippen molar-refractivity contribution in [2.45, 2.75) is 6.23 Å². The van der Waals surface area contributed by atoms with Gasteiger partial charge in [0.05, 0.1) is 12.3 Å². The molecular formula is C19H16BrFN2O. The van der Waals surface area contributed by atoms with Gasteiger partial charge in [0.1, 0.15) is 5.82 Å². The molecule has 1 unspecified atom stereocenters. The molecule has 0 radical (unpaired) electrons. The first-order valence-corrected chi connectivity index (χ1v) is 8.58. The molecule has 1 saturated heterocycles. The summed E-state index contributed by atoms with van der Waals surface area (Å²) in [6.45, 7) is 1.44. The smallest absolute Gasteiger partial charge is 0.158 e. The Morgan fingerprint density at radius 2 is 1.83 bits per heavy atom. The lowest BCUT2D eigenvalue weighted by atomic mass is 10.2. The third-order valence-electron chi connectivity index (χ3n) is 4.18. The molecule has 0 spiro atoms. The van der Waals surface area contributed by atoms with Crippen molar-refractivity contribution in [3.8, 4) is 5.69 Å². The fourth-order valence-corrected chi connectivity index (χ4v) is 3.50. The number of para-hydroxylation sites is 1. The third-order valence-corrected chi connectivity index (χ3v) is 4.85. The fraction of sp³-hybridized carbons (Fsp3) is 0.158. The van der Waals surface area contributed by atoms with E-state index in [1.54, 1.807) is 12.1 Å². The Hall–Kier alpha value is -2.11. The zero-order chi connectivity index (χ0) is 16.5. The standard InChI is InChI=1S/C19H16BrFN2O/c20-17-3-1-2-4-18(17)22-10-9-14(13-22)19-23(11-12-24-19)16-7-5-15(21)6-8-16/h1-10,13,19H,11-12H2. The minimum atomic E-state index is -0.226. The van der Waals surface area contributed by atoms with Crippen LogP contribution in [-0.2, 0) is 4.74 Å². The van der Waals surface area contributed by atoms with Crippen LogP contribution >= 0.6 is 15.9 Å². The van der Waals surface area contributed by atoms with Gasteiger partial charge in [0.15, 0.2) is 6.23 Å². The topological polar surface area (TPSA) is 17.4 Å². The number of nitrogens with zero attached hydrogens (tertiary/aromatic N) is 2. The molecule has 1 aliphatic heterocycles. The normalized spacial score (nSPS) is 17.4. The van der Waals surface area contributed by atoms with Crippen molar-refractivity contribution in [2.24, 2.45) is 0 Å². The number of benzene rings is 2. The van der Waals surface area contributed by atoms with Crippen molar-refractivity contribution >= 4 is 21.6 Å². The summed E-state index contributed by atoms with van der Waals surface area (Å²) in [7, 11) is 0. The zero-order valence-electron chi connectivity index (χ0n) is 12.9. The molecule has 122 valence electrons. The highest BCUT2D eigenvalue weighted by Gasteiger charge is 2.28. The van der Waals surface area contributed by atoms with Crippen molar-refractivity contribution in [1.82, 2.24) is 4.57 Å². The highest BCUT2D eigenvalue weighted by molar-refractivity contribution is 9.10. The van der Waals surface area contributed by atoms with E-state index in [2.05, 4.69) is 43.7 Å². The highest BCUT2D eigenvalue weighted by Crippen LogP contribution is 2.33. The van der Waals surface area contributed by atoms with Crippen LogP contribution < -0.4 is 4.90 Å². The fourth-order valence-electron chi connectivity index (χ4n) is 3.01. The van der Waals surface area contributed by atoms with Gasteiger partial charge < -0.3 is 14.2 Å². The Bertz CT molecular complexity index is 847. The van der Waals surface area contributed by atoms with Crippen molar-refractivity contribution < 1.29 is 9.13 Å². The molecule has 0 aliphatic carbocycles. The predicted molar refractivity (Wildman–Crippen MR) is 95.9 cm³/mol. The SMILES string of the molecule is Fc1ccc(N2CCOC2c2ccn(-c3ccccc3Br)c2)cc1. The van der Waals surface area contributed by atoms with E-state index in [0.29, 0.717) is 6.61 Å². The van der Waals surface area contributed by atoms with Crippen molar-refractivity contribution in [1.29, 1.82) is 0 Å². The molecule has 0 saturated carbocycles. The zero-order valence-corrected chi connectivity index (χ0v) is 14.5. The Kier molecular flexibility index (Phi) is 4.12. The average molecular weight is 387 g/mol. The lowest BCUT2D eigenvalue weighted by Crippen LogP contribution is -2.22. The summed E-state index contributed by atoms with van der Waals surface area (Å²) in [5.41, 5.74) is 3.12. The lowest BCUT2D eigenvalue weighted by molar-refractivity contribution is 0.114. The van der Waals surface area contributed by atoms with E-state index < -0.39 is 0 Å². The maximum absolute atomic E-state index is 13.2. The van der Waals surface area contributed by atoms with Gasteiger partial charge >= 0.3 is 0 Å². The number of rotatable bonds is 3. The van der Waals surface area contributed by atoms with Crippen LogP contribution in [0.15, 0.2) is 71.5 Å². The van der Waals surface area contributed by atoms with Gasteiger partial charge in [-0.05, 0) is 58.4 Å². The summed E-state index contributed by atoms with van der Waals surface area (Å²) in [5, 5.41) is 0. The largest absolute Gasteiger partial charge is 0.352 e. The molecule has 1 atom stereocenters. The number of ether oxygens (including phenoxy) is 1. The van der Waals surface area contributed by atoms with E-state index in [0.717, 1.165) is 28.0 Å². The maximum Gasteiger partial charge on any atom is 0.158 e. The van der Waals surface area contributed by atoms with E-state index in [4.69, 9.17) is 4.74 Å². The van der Waals surface area contributed by atoms with Crippen LogP contribution in [0.3, 0.4) is 0 Å². The molecule has 2 aromatic carbocycles. The van der Waals surface area contributed by atoms with Crippen molar-refractivity contribution in [3.05, 3.63) is 82.8 Å². The Labute approximate surface area is 148 Å². The van der Waals surface area contributed by atoms with Crippen LogP contribution in [0.5, 0.6) is 0 Å². The van der Waals surface area contributed by atoms with Crippen LogP contribution in [0.1, 0.15) is 11.8 Å². The van der Waals surface area contributed by atoms with Gasteiger partial charge in [0.2, 0.25) is 0 Å². The minimum Gasteiger partial charge on any atom is -0.352 e. The number of aromatic nitrogens is 1. The van der Waals surface area contributed by atoms with Gasteiger partial charge in [-0.25, -0.2) is 4.39 Å². The van der Waals surface area contributed by atoms with Crippen molar-refractivity contribution in [2.75, 3.05) is 18.1 Å². The molecule has 0 bridgehead atoms. The first kappa shape index (κ1) is 15.4. The summed E-state index contributed by atoms with van der Waals surface area (Å²) in [6.07, 6.45) is 3.95. The Balaban J connectivity index is 1.64. The first-order valence-electron chi connectivity index (χ1n) is 7.79. The van der Waals surface area contributed by atoms with Crippen LogP contribution in [0.2, 0.25) is 0 Å². The monoisotopic (exact) mass is 386 g/mol. The number of anilines is 1. The quantitative estimate of drug-likeness (QED) is 0.635. The van der Waals surface area contributed by atoms with Crippen molar-refractivity contribution in [3.63, 3.8) is 0 Å². The Morgan fingerprint density at radius 3 is 2.62 bits per heavy atom. The summed E-state index contributed by atoms with van der Waals surface area (Å²) < 4.78 is 22.2. The number of hydrogen-bond donors (Lipinski definition) is 0. The summed E-state index contributed by atoms with van der Waals surface area (Å²) in [5.74, 6) is -0.226. The molecule has 1 fully saturated rings. The molecule has 1 aromatic heterocycles. The van der Waals surface area contributed by atoms with Gasteiger partial charge in [0, 0.05) is 34.7 Å². The Morgan fingerprint density at radius 1 is 1.04 bits per heavy atom. The highest BCUT2D eigenvalue weighted by atomic mass is 79.9. The summed E-state index contributed by atoms with van der Waals surface area (Å²) in [4.78, 5) is 2.15. The van der Waals surface area contributed by atoms with Crippen LogP contribution in [0.4, 0.5) is 10.1 Å². The molecule has 3 aromatic rings. The molecule has 4 rings (SSSR count). The second-order valence-corrected chi connectivity index (χ2v) is 6.55. The van der Waals surface area contributed by atoms with E-state index in [-0.39, 0.29) is 12.0 Å². The van der Waals surface area contributed by atoms with E-state index in [9.17, 15) is 4.39 Å². The van der Waals surface area contributed by atoms with Gasteiger partial charge in [-0.3, -0.25) is 0 Å². The van der Waals surface area contributed by atoms with Gasteiger partial charge in [-0.15, -0.1) is 0 Å². The lowest BCUT2D eigenvalue weighted by Gasteiger charge is -2.24. The number of hydrogen-bond acceptors (Lipinski definition) is 2. The van der Waals surface area contributed by atoms with Crippen LogP contribution in [0, 0.1) is 5.82 Å². The molecule has 5 heteroatoms. The van der Waals surface area contributed by atoms with E-state index >= 15 is 0 Å². The predicted octanol–water partition coefficient (Wildman–Crippen LogP) is 4.91. The molecule has 24 heavy (non-hydrogen) atoms. The van der Waals surface area contributed by atoms with Crippen LogP contribution in [-0.4, -0.2) is 17.7 Å².